The second kappa shape index (κ2) is 4.29. The highest BCUT2D eigenvalue weighted by atomic mass is 14.6. The minimum atomic E-state index is 0.886. The van der Waals surface area contributed by atoms with Crippen LogP contribution in [0.1, 0.15) is 0 Å². The molecule has 0 bridgehead atoms. The van der Waals surface area contributed by atoms with Gasteiger partial charge in [-0.1, -0.05) is 37.4 Å². The van der Waals surface area contributed by atoms with Gasteiger partial charge in [0.25, 0.3) is 0 Å². The van der Waals surface area contributed by atoms with E-state index in [2.05, 4.69) is 18.1 Å². The lowest BCUT2D eigenvalue weighted by Gasteiger charge is -1.75. The molecule has 1 rings (SSSR count). The van der Waals surface area contributed by atoms with Crippen molar-refractivity contribution in [3.8, 4) is 0 Å². The third kappa shape index (κ3) is 2.97. The monoisotopic (exact) mass is 157 g/mol. The van der Waals surface area contributed by atoms with Crippen molar-refractivity contribution in [3.63, 3.8) is 0 Å². The van der Waals surface area contributed by atoms with Crippen molar-refractivity contribution >= 4 is 13.2 Å². The summed E-state index contributed by atoms with van der Waals surface area (Å²) in [6.45, 7) is 7.58. The van der Waals surface area contributed by atoms with Crippen LogP contribution in [-0.4, -0.2) is 4.98 Å². The van der Waals surface area contributed by atoms with Gasteiger partial charge in [0.2, 0.25) is 0 Å². The summed E-state index contributed by atoms with van der Waals surface area (Å²) in [5, 5.41) is 1.82. The van der Waals surface area contributed by atoms with Gasteiger partial charge >= 0.3 is 0 Å². The van der Waals surface area contributed by atoms with Crippen molar-refractivity contribution in [2.75, 3.05) is 0 Å². The molecule has 1 aromatic heterocycles. The van der Waals surface area contributed by atoms with Crippen LogP contribution in [-0.2, 0) is 0 Å². The molecule has 0 saturated carbocycles. The van der Waals surface area contributed by atoms with Gasteiger partial charge in [-0.2, -0.15) is 0 Å². The molecule has 1 heteroatoms. The standard InChI is InChI=1S/C11H11N/c1-10-5-3-4-6-11(2)9-12-8-7-10/h3-9H,1-2H2. The maximum absolute atomic E-state index is 4.01. The molecule has 0 saturated heterocycles. The average molecular weight is 157 g/mol. The van der Waals surface area contributed by atoms with Crippen molar-refractivity contribution in [3.05, 3.63) is 53.2 Å². The third-order valence-electron chi connectivity index (χ3n) is 1.35. The van der Waals surface area contributed by atoms with Crippen molar-refractivity contribution < 1.29 is 0 Å². The lowest BCUT2D eigenvalue weighted by Crippen LogP contribution is -1.93. The second-order valence-corrected chi connectivity index (χ2v) is 2.46. The van der Waals surface area contributed by atoms with Crippen LogP contribution in [0.3, 0.4) is 0 Å². The quantitative estimate of drug-likeness (QED) is 0.548. The van der Waals surface area contributed by atoms with Crippen molar-refractivity contribution in [1.29, 1.82) is 0 Å². The molecule has 1 nitrogen and oxygen atoms in total. The molecule has 0 radical (unpaired) electrons. The van der Waals surface area contributed by atoms with Crippen molar-refractivity contribution in [2.45, 2.75) is 0 Å². The molecule has 12 heavy (non-hydrogen) atoms. The molecule has 0 unspecified atom stereocenters. The summed E-state index contributed by atoms with van der Waals surface area (Å²) in [5.74, 6) is 0. The Kier molecular flexibility index (Phi) is 3.03. The molecule has 0 aromatic carbocycles. The summed E-state index contributed by atoms with van der Waals surface area (Å²) in [4.78, 5) is 4.01. The third-order valence-corrected chi connectivity index (χ3v) is 1.35. The minimum absolute atomic E-state index is 0.886. The van der Waals surface area contributed by atoms with Gasteiger partial charge in [-0.25, -0.2) is 0 Å². The highest BCUT2D eigenvalue weighted by Crippen LogP contribution is 1.67. The smallest absolute Gasteiger partial charge is 0.0334 e. The largest absolute Gasteiger partial charge is 0.264 e. The number of hydrogen-bond acceptors (Lipinski definition) is 1. The van der Waals surface area contributed by atoms with E-state index in [1.54, 1.807) is 12.4 Å². The van der Waals surface area contributed by atoms with E-state index in [1.807, 2.05) is 30.3 Å². The summed E-state index contributed by atoms with van der Waals surface area (Å²) < 4.78 is 0. The molecule has 1 aromatic rings. The van der Waals surface area contributed by atoms with Gasteiger partial charge in [0, 0.05) is 12.4 Å². The first kappa shape index (κ1) is 8.47. The fraction of sp³-hybridized carbons (Fsp3) is 0. The molecule has 0 atom stereocenters. The van der Waals surface area contributed by atoms with E-state index >= 15 is 0 Å². The van der Waals surface area contributed by atoms with Crippen LogP contribution >= 0.6 is 0 Å². The van der Waals surface area contributed by atoms with Crippen LogP contribution in [0.5, 0.6) is 0 Å². The lowest BCUT2D eigenvalue weighted by molar-refractivity contribution is 1.32. The van der Waals surface area contributed by atoms with Crippen LogP contribution in [0, 0.1) is 0 Å². The van der Waals surface area contributed by atoms with Crippen LogP contribution in [0.4, 0.5) is 0 Å². The predicted molar refractivity (Wildman–Crippen MR) is 52.2 cm³/mol. The van der Waals surface area contributed by atoms with Crippen LogP contribution in [0.15, 0.2) is 42.7 Å². The van der Waals surface area contributed by atoms with Crippen LogP contribution in [0.25, 0.3) is 13.2 Å². The summed E-state index contributed by atoms with van der Waals surface area (Å²) >= 11 is 0. The zero-order valence-corrected chi connectivity index (χ0v) is 6.90. The number of aromatic nitrogens is 1. The molecule has 0 spiro atoms. The minimum Gasteiger partial charge on any atom is -0.264 e. The zero-order chi connectivity index (χ0) is 8.81. The second-order valence-electron chi connectivity index (χ2n) is 2.46. The number of rotatable bonds is 0. The van der Waals surface area contributed by atoms with Crippen LogP contribution in [0.2, 0.25) is 0 Å². The van der Waals surface area contributed by atoms with Crippen molar-refractivity contribution in [1.82, 2.24) is 4.98 Å². The lowest BCUT2D eigenvalue weighted by atomic mass is 10.4. The Hall–Kier alpha value is -1.63. The SMILES string of the molecule is C=c1ccccc(=C)cncc1. The first-order chi connectivity index (χ1) is 5.79. The van der Waals surface area contributed by atoms with Crippen LogP contribution < -0.4 is 10.4 Å². The van der Waals surface area contributed by atoms with E-state index in [9.17, 15) is 0 Å². The highest BCUT2D eigenvalue weighted by molar-refractivity contribution is 5.06. The van der Waals surface area contributed by atoms with E-state index in [4.69, 9.17) is 0 Å². The van der Waals surface area contributed by atoms with Gasteiger partial charge < -0.3 is 0 Å². The molecular formula is C11H11N. The first-order valence-electron chi connectivity index (χ1n) is 3.71. The Labute approximate surface area is 72.0 Å². The van der Waals surface area contributed by atoms with E-state index in [0.29, 0.717) is 0 Å². The number of hydrogen-bond donors (Lipinski definition) is 0. The highest BCUT2D eigenvalue weighted by Gasteiger charge is 1.66. The summed E-state index contributed by atoms with van der Waals surface area (Å²) in [5.41, 5.74) is 0. The summed E-state index contributed by atoms with van der Waals surface area (Å²) in [7, 11) is 0. The molecule has 0 fully saturated rings. The predicted octanol–water partition coefficient (Wildman–Crippen LogP) is 1.03. The fourth-order valence-corrected chi connectivity index (χ4v) is 0.734. The molecular weight excluding hydrogens is 146 g/mol. The van der Waals surface area contributed by atoms with Crippen molar-refractivity contribution in [2.24, 2.45) is 0 Å². The van der Waals surface area contributed by atoms with Gasteiger partial charge in [-0.3, -0.25) is 4.98 Å². The topological polar surface area (TPSA) is 12.9 Å². The molecule has 0 aliphatic rings. The van der Waals surface area contributed by atoms with Gasteiger partial charge in [-0.05, 0) is 16.5 Å². The first-order valence-corrected chi connectivity index (χ1v) is 3.71. The van der Waals surface area contributed by atoms with Gasteiger partial charge in [0.05, 0.1) is 0 Å². The Bertz CT molecular complexity index is 321. The maximum Gasteiger partial charge on any atom is 0.0334 e. The Balaban J connectivity index is 3.37. The van der Waals surface area contributed by atoms with E-state index in [1.165, 1.54) is 0 Å². The fourth-order valence-electron chi connectivity index (χ4n) is 0.734. The Morgan fingerprint density at radius 1 is 0.917 bits per heavy atom. The molecule has 0 aliphatic carbocycles. The molecule has 0 N–H and O–H groups in total. The molecule has 0 aliphatic heterocycles. The maximum atomic E-state index is 4.01. The number of nitrogens with zero attached hydrogens (tertiary/aromatic N) is 1. The summed E-state index contributed by atoms with van der Waals surface area (Å²) in [6.07, 6.45) is 3.41. The summed E-state index contributed by atoms with van der Waals surface area (Å²) in [6, 6.07) is 9.50. The zero-order valence-electron chi connectivity index (χ0n) is 6.90. The Morgan fingerprint density at radius 2 is 1.58 bits per heavy atom. The average Bonchev–Trinajstić information content (AvgIpc) is 2.06. The molecule has 0 amide bonds. The van der Waals surface area contributed by atoms with E-state index in [-0.39, 0.29) is 0 Å². The van der Waals surface area contributed by atoms with E-state index < -0.39 is 0 Å². The van der Waals surface area contributed by atoms with Gasteiger partial charge in [0.15, 0.2) is 0 Å². The molecule has 60 valence electrons. The Morgan fingerprint density at radius 3 is 2.33 bits per heavy atom. The molecule has 1 heterocycles. The van der Waals surface area contributed by atoms with E-state index in [0.717, 1.165) is 10.4 Å². The van der Waals surface area contributed by atoms with Gasteiger partial charge in [0.1, 0.15) is 0 Å². The van der Waals surface area contributed by atoms with Gasteiger partial charge in [-0.15, -0.1) is 0 Å². The normalized spacial score (nSPS) is 8.67.